The molecule has 3 aromatic rings. The predicted octanol–water partition coefficient (Wildman–Crippen LogP) is 4.13. The predicted molar refractivity (Wildman–Crippen MR) is 116 cm³/mol. The van der Waals surface area contributed by atoms with E-state index in [0.29, 0.717) is 17.1 Å². The Labute approximate surface area is 178 Å². The summed E-state index contributed by atoms with van der Waals surface area (Å²) in [7, 11) is 0. The second-order valence-electron chi connectivity index (χ2n) is 7.32. The van der Waals surface area contributed by atoms with Crippen LogP contribution in [-0.2, 0) is 9.59 Å². The van der Waals surface area contributed by atoms with Gasteiger partial charge in [0.05, 0.1) is 17.8 Å². The Balaban J connectivity index is 1.64. The molecule has 1 aliphatic rings. The highest BCUT2D eigenvalue weighted by molar-refractivity contribution is 6.17. The minimum absolute atomic E-state index is 0.217. The van der Waals surface area contributed by atoms with E-state index in [-0.39, 0.29) is 12.0 Å². The normalized spacial score (nSPS) is 15.1. The molecule has 0 aliphatic carbocycles. The van der Waals surface area contributed by atoms with E-state index in [4.69, 9.17) is 0 Å². The lowest BCUT2D eigenvalue weighted by Gasteiger charge is -2.36. The van der Waals surface area contributed by atoms with Gasteiger partial charge < -0.3 is 10.6 Å². The van der Waals surface area contributed by atoms with Gasteiger partial charge in [0.25, 0.3) is 5.91 Å². The molecule has 1 heterocycles. The van der Waals surface area contributed by atoms with Crippen LogP contribution in [-0.4, -0.2) is 23.8 Å². The molecular weight excluding hydrogens is 397 g/mol. The van der Waals surface area contributed by atoms with E-state index in [1.165, 1.54) is 29.2 Å². The molecule has 0 unspecified atom stereocenters. The molecule has 1 atom stereocenters. The Bertz CT molecular complexity index is 1140. The summed E-state index contributed by atoms with van der Waals surface area (Å²) in [6.45, 7) is 1.94. The third-order valence-corrected chi connectivity index (χ3v) is 5.06. The molecule has 0 saturated heterocycles. The molecule has 7 heteroatoms. The quantitative estimate of drug-likeness (QED) is 0.670. The molecule has 0 aromatic heterocycles. The van der Waals surface area contributed by atoms with Gasteiger partial charge in [-0.1, -0.05) is 29.8 Å². The number of para-hydroxylation sites is 2. The number of hydrogen-bond donors (Lipinski definition) is 2. The molecule has 0 radical (unpaired) electrons. The Morgan fingerprint density at radius 3 is 2.39 bits per heavy atom. The van der Waals surface area contributed by atoms with Crippen molar-refractivity contribution in [3.05, 3.63) is 89.7 Å². The smallest absolute Gasteiger partial charge is 0.259 e. The zero-order valence-electron chi connectivity index (χ0n) is 16.8. The van der Waals surface area contributed by atoms with Crippen molar-refractivity contribution in [1.82, 2.24) is 0 Å². The average Bonchev–Trinajstić information content (AvgIpc) is 2.76. The maximum atomic E-state index is 13.3. The Hall–Kier alpha value is -4.00. The Kier molecular flexibility index (Phi) is 5.49. The van der Waals surface area contributed by atoms with E-state index >= 15 is 0 Å². The SMILES string of the molecule is Cc1ccc(NC(=O)C[C@H]2C(=O)Nc3ccccc3N2C(=O)c2ccc(F)cc2)cc1. The van der Waals surface area contributed by atoms with Crippen molar-refractivity contribution in [2.24, 2.45) is 0 Å². The molecule has 3 amide bonds. The van der Waals surface area contributed by atoms with Crippen LogP contribution >= 0.6 is 0 Å². The highest BCUT2D eigenvalue weighted by Crippen LogP contribution is 2.34. The molecule has 6 nitrogen and oxygen atoms in total. The van der Waals surface area contributed by atoms with Crippen molar-refractivity contribution in [3.63, 3.8) is 0 Å². The van der Waals surface area contributed by atoms with Crippen molar-refractivity contribution in [2.45, 2.75) is 19.4 Å². The molecule has 0 spiro atoms. The Morgan fingerprint density at radius 2 is 1.68 bits per heavy atom. The molecule has 1 aliphatic heterocycles. The maximum absolute atomic E-state index is 13.3. The van der Waals surface area contributed by atoms with Crippen LogP contribution in [0.3, 0.4) is 0 Å². The lowest BCUT2D eigenvalue weighted by atomic mass is 10.0. The van der Waals surface area contributed by atoms with Crippen LogP contribution in [0.5, 0.6) is 0 Å². The number of halogens is 1. The fourth-order valence-corrected chi connectivity index (χ4v) is 3.48. The van der Waals surface area contributed by atoms with Gasteiger partial charge in [-0.2, -0.15) is 0 Å². The van der Waals surface area contributed by atoms with Crippen molar-refractivity contribution < 1.29 is 18.8 Å². The molecule has 4 rings (SSSR count). The lowest BCUT2D eigenvalue weighted by Crippen LogP contribution is -2.52. The molecule has 3 aromatic carbocycles. The van der Waals surface area contributed by atoms with Gasteiger partial charge in [0.1, 0.15) is 11.9 Å². The van der Waals surface area contributed by atoms with E-state index in [9.17, 15) is 18.8 Å². The number of benzene rings is 3. The van der Waals surface area contributed by atoms with Crippen molar-refractivity contribution in [1.29, 1.82) is 0 Å². The van der Waals surface area contributed by atoms with E-state index in [0.717, 1.165) is 5.56 Å². The van der Waals surface area contributed by atoms with Gasteiger partial charge in [0, 0.05) is 11.3 Å². The second-order valence-corrected chi connectivity index (χ2v) is 7.32. The number of anilines is 3. The van der Waals surface area contributed by atoms with Gasteiger partial charge in [-0.15, -0.1) is 0 Å². The number of aryl methyl sites for hydroxylation is 1. The van der Waals surface area contributed by atoms with Gasteiger partial charge in [-0.25, -0.2) is 4.39 Å². The number of hydrogen-bond acceptors (Lipinski definition) is 3. The van der Waals surface area contributed by atoms with Gasteiger partial charge in [0.2, 0.25) is 11.8 Å². The number of carbonyl (C=O) groups is 3. The van der Waals surface area contributed by atoms with Crippen LogP contribution in [0.15, 0.2) is 72.8 Å². The van der Waals surface area contributed by atoms with E-state index in [1.807, 2.05) is 19.1 Å². The number of fused-ring (bicyclic) bond motifs is 1. The third-order valence-electron chi connectivity index (χ3n) is 5.06. The summed E-state index contributed by atoms with van der Waals surface area (Å²) in [4.78, 5) is 40.1. The average molecular weight is 417 g/mol. The first-order valence-electron chi connectivity index (χ1n) is 9.78. The topological polar surface area (TPSA) is 78.5 Å². The summed E-state index contributed by atoms with van der Waals surface area (Å²) in [5.74, 6) is -1.83. The van der Waals surface area contributed by atoms with Gasteiger partial charge >= 0.3 is 0 Å². The van der Waals surface area contributed by atoms with E-state index < -0.39 is 29.6 Å². The Morgan fingerprint density at radius 1 is 1.00 bits per heavy atom. The zero-order valence-corrected chi connectivity index (χ0v) is 16.8. The van der Waals surface area contributed by atoms with Gasteiger partial charge in [-0.05, 0) is 55.5 Å². The van der Waals surface area contributed by atoms with Gasteiger partial charge in [0.15, 0.2) is 0 Å². The monoisotopic (exact) mass is 417 g/mol. The zero-order chi connectivity index (χ0) is 22.0. The third kappa shape index (κ3) is 4.30. The molecule has 2 N–H and O–H groups in total. The lowest BCUT2D eigenvalue weighted by molar-refractivity contribution is -0.122. The molecule has 0 saturated carbocycles. The first-order valence-corrected chi connectivity index (χ1v) is 9.78. The fraction of sp³-hybridized carbons (Fsp3) is 0.125. The van der Waals surface area contributed by atoms with Crippen LogP contribution < -0.4 is 15.5 Å². The van der Waals surface area contributed by atoms with Crippen LogP contribution in [0.4, 0.5) is 21.5 Å². The summed E-state index contributed by atoms with van der Waals surface area (Å²) in [5, 5.41) is 5.52. The summed E-state index contributed by atoms with van der Waals surface area (Å²) in [6, 6.07) is 18.1. The highest BCUT2D eigenvalue weighted by atomic mass is 19.1. The summed E-state index contributed by atoms with van der Waals surface area (Å²) < 4.78 is 13.3. The number of amides is 3. The number of nitrogens with zero attached hydrogens (tertiary/aromatic N) is 1. The summed E-state index contributed by atoms with van der Waals surface area (Å²) in [6.07, 6.45) is -0.235. The van der Waals surface area contributed by atoms with Crippen molar-refractivity contribution in [2.75, 3.05) is 15.5 Å². The number of nitrogens with one attached hydrogen (secondary N) is 2. The molecule has 156 valence electrons. The number of carbonyl (C=O) groups excluding carboxylic acids is 3. The number of rotatable bonds is 4. The van der Waals surface area contributed by atoms with Gasteiger partial charge in [-0.3, -0.25) is 19.3 Å². The molecule has 0 fully saturated rings. The minimum atomic E-state index is -1.06. The van der Waals surface area contributed by atoms with Crippen LogP contribution in [0.2, 0.25) is 0 Å². The standard InChI is InChI=1S/C24H20FN3O3/c1-15-6-12-18(13-7-15)26-22(29)14-21-23(30)27-19-4-2-3-5-20(19)28(21)24(31)16-8-10-17(25)11-9-16/h2-13,21H,14H2,1H3,(H,26,29)(H,27,30)/t21-/m0/s1. The first kappa shape index (κ1) is 20.3. The highest BCUT2D eigenvalue weighted by Gasteiger charge is 2.38. The van der Waals surface area contributed by atoms with Crippen LogP contribution in [0.1, 0.15) is 22.3 Å². The largest absolute Gasteiger partial charge is 0.326 e. The van der Waals surface area contributed by atoms with Crippen molar-refractivity contribution >= 4 is 34.8 Å². The summed E-state index contributed by atoms with van der Waals surface area (Å²) in [5.41, 5.74) is 2.82. The van der Waals surface area contributed by atoms with Crippen LogP contribution in [0, 0.1) is 12.7 Å². The summed E-state index contributed by atoms with van der Waals surface area (Å²) >= 11 is 0. The maximum Gasteiger partial charge on any atom is 0.259 e. The first-order chi connectivity index (χ1) is 14.9. The fourth-order valence-electron chi connectivity index (χ4n) is 3.48. The van der Waals surface area contributed by atoms with Crippen molar-refractivity contribution in [3.8, 4) is 0 Å². The van der Waals surface area contributed by atoms with E-state index in [1.54, 1.807) is 36.4 Å². The van der Waals surface area contributed by atoms with E-state index in [2.05, 4.69) is 10.6 Å². The minimum Gasteiger partial charge on any atom is -0.326 e. The van der Waals surface area contributed by atoms with Crippen LogP contribution in [0.25, 0.3) is 0 Å². The molecular formula is C24H20FN3O3. The molecule has 0 bridgehead atoms. The second kappa shape index (κ2) is 8.39. The molecule has 31 heavy (non-hydrogen) atoms.